The first-order chi connectivity index (χ1) is 4.45. The molecule has 59 valence electrons. The van der Waals surface area contributed by atoms with E-state index in [1.807, 2.05) is 0 Å². The number of rotatable bonds is 2. The molecule has 0 spiro atoms. The van der Waals surface area contributed by atoms with Gasteiger partial charge in [-0.05, 0) is 0 Å². The molecule has 0 bridgehead atoms. The first-order valence-corrected chi connectivity index (χ1v) is 2.48. The molecular weight excluding hydrogens is 149 g/mol. The van der Waals surface area contributed by atoms with Crippen LogP contribution in [0.2, 0.25) is 0 Å². The molecular formula is C5H6F3O2. The molecule has 0 saturated carbocycles. The summed E-state index contributed by atoms with van der Waals surface area (Å²) in [4.78, 5) is 10.1. The van der Waals surface area contributed by atoms with E-state index in [-0.39, 0.29) is 0 Å². The zero-order valence-corrected chi connectivity index (χ0v) is 5.23. The van der Waals surface area contributed by atoms with E-state index in [4.69, 9.17) is 0 Å². The molecule has 0 unspecified atom stereocenters. The maximum atomic E-state index is 11.3. The standard InChI is InChI=1S/C5H6F3O2/c1-2-4(9)10-3-5(6,7)8/h2H,3H2,1H3. The molecule has 0 aromatic rings. The van der Waals surface area contributed by atoms with Crippen molar-refractivity contribution >= 4 is 5.97 Å². The molecule has 0 saturated heterocycles. The van der Waals surface area contributed by atoms with Crippen molar-refractivity contribution in [1.82, 2.24) is 0 Å². The normalized spacial score (nSPS) is 11.2. The highest BCUT2D eigenvalue weighted by atomic mass is 19.4. The van der Waals surface area contributed by atoms with Crippen molar-refractivity contribution in [2.45, 2.75) is 13.1 Å². The van der Waals surface area contributed by atoms with Crippen LogP contribution in [0.15, 0.2) is 0 Å². The Kier molecular flexibility index (Phi) is 3.18. The predicted molar refractivity (Wildman–Crippen MR) is 27.0 cm³/mol. The SMILES string of the molecule is C[CH]C(=O)OCC(F)(F)F. The van der Waals surface area contributed by atoms with E-state index in [9.17, 15) is 18.0 Å². The molecule has 0 aliphatic carbocycles. The smallest absolute Gasteiger partial charge is 0.422 e. The summed E-state index contributed by atoms with van der Waals surface area (Å²) in [7, 11) is 0. The van der Waals surface area contributed by atoms with E-state index in [1.165, 1.54) is 6.92 Å². The number of halogens is 3. The van der Waals surface area contributed by atoms with Gasteiger partial charge < -0.3 is 4.74 Å². The van der Waals surface area contributed by atoms with Crippen molar-refractivity contribution in [2.24, 2.45) is 0 Å². The van der Waals surface area contributed by atoms with Gasteiger partial charge in [-0.2, -0.15) is 13.2 Å². The van der Waals surface area contributed by atoms with Gasteiger partial charge in [0.05, 0.1) is 6.42 Å². The van der Waals surface area contributed by atoms with Gasteiger partial charge in [0.2, 0.25) is 0 Å². The van der Waals surface area contributed by atoms with E-state index in [1.54, 1.807) is 0 Å². The maximum absolute atomic E-state index is 11.3. The van der Waals surface area contributed by atoms with Crippen LogP contribution in [0, 0.1) is 6.42 Å². The summed E-state index contributed by atoms with van der Waals surface area (Å²) in [6, 6.07) is 0. The number of ether oxygens (including phenoxy) is 1. The summed E-state index contributed by atoms with van der Waals surface area (Å²) in [6.07, 6.45) is -3.51. The summed E-state index contributed by atoms with van der Waals surface area (Å²) in [5, 5.41) is 0. The number of hydrogen-bond donors (Lipinski definition) is 0. The van der Waals surface area contributed by atoms with Gasteiger partial charge >= 0.3 is 12.1 Å². The van der Waals surface area contributed by atoms with Crippen molar-refractivity contribution < 1.29 is 22.7 Å². The summed E-state index contributed by atoms with van der Waals surface area (Å²) >= 11 is 0. The van der Waals surface area contributed by atoms with E-state index in [2.05, 4.69) is 4.74 Å². The molecule has 0 aromatic carbocycles. The summed E-state index contributed by atoms with van der Waals surface area (Å²) in [5.74, 6) is -0.961. The number of esters is 1. The summed E-state index contributed by atoms with van der Waals surface area (Å²) < 4.78 is 37.5. The van der Waals surface area contributed by atoms with Crippen LogP contribution in [0.4, 0.5) is 13.2 Å². The number of carbonyl (C=O) groups excluding carboxylic acids is 1. The van der Waals surface area contributed by atoms with Gasteiger partial charge in [0, 0.05) is 0 Å². The third kappa shape index (κ3) is 5.40. The van der Waals surface area contributed by atoms with Gasteiger partial charge in [-0.15, -0.1) is 0 Å². The highest BCUT2D eigenvalue weighted by molar-refractivity contribution is 5.78. The van der Waals surface area contributed by atoms with Gasteiger partial charge in [-0.3, -0.25) is 4.79 Å². The highest BCUT2D eigenvalue weighted by Gasteiger charge is 2.29. The Balaban J connectivity index is 3.46. The molecule has 2 nitrogen and oxygen atoms in total. The van der Waals surface area contributed by atoms with Crippen molar-refractivity contribution in [3.63, 3.8) is 0 Å². The Morgan fingerprint density at radius 3 is 2.40 bits per heavy atom. The van der Waals surface area contributed by atoms with Gasteiger partial charge in [0.25, 0.3) is 0 Å². The molecule has 0 heterocycles. The zero-order valence-electron chi connectivity index (χ0n) is 5.23. The Bertz CT molecular complexity index is 119. The quantitative estimate of drug-likeness (QED) is 0.562. The minimum atomic E-state index is -4.43. The van der Waals surface area contributed by atoms with Crippen molar-refractivity contribution in [2.75, 3.05) is 6.61 Å². The fraction of sp³-hybridized carbons (Fsp3) is 0.600. The molecule has 0 atom stereocenters. The molecule has 0 N–H and O–H groups in total. The maximum Gasteiger partial charge on any atom is 0.422 e. The predicted octanol–water partition coefficient (Wildman–Crippen LogP) is 1.32. The van der Waals surface area contributed by atoms with Crippen LogP contribution in [0.5, 0.6) is 0 Å². The van der Waals surface area contributed by atoms with Crippen molar-refractivity contribution in [3.8, 4) is 0 Å². The minimum absolute atomic E-state index is 0.922. The Morgan fingerprint density at radius 1 is 1.60 bits per heavy atom. The van der Waals surface area contributed by atoms with E-state index in [0.717, 1.165) is 6.42 Å². The lowest BCUT2D eigenvalue weighted by Gasteiger charge is -2.05. The Hall–Kier alpha value is -0.740. The lowest BCUT2D eigenvalue weighted by Crippen LogP contribution is -2.19. The van der Waals surface area contributed by atoms with Crippen LogP contribution in [-0.2, 0) is 9.53 Å². The van der Waals surface area contributed by atoms with Gasteiger partial charge in [0.15, 0.2) is 6.61 Å². The van der Waals surface area contributed by atoms with Crippen LogP contribution < -0.4 is 0 Å². The van der Waals surface area contributed by atoms with Gasteiger partial charge in [-0.25, -0.2) is 0 Å². The molecule has 5 heteroatoms. The fourth-order valence-electron chi connectivity index (χ4n) is 0.236. The lowest BCUT2D eigenvalue weighted by molar-refractivity contribution is -0.183. The first kappa shape index (κ1) is 9.26. The summed E-state index contributed by atoms with van der Waals surface area (Å²) in [5.41, 5.74) is 0. The topological polar surface area (TPSA) is 26.3 Å². The second kappa shape index (κ2) is 3.43. The van der Waals surface area contributed by atoms with Crippen LogP contribution in [-0.4, -0.2) is 18.8 Å². The molecule has 10 heavy (non-hydrogen) atoms. The average molecular weight is 155 g/mol. The van der Waals surface area contributed by atoms with Crippen molar-refractivity contribution in [3.05, 3.63) is 6.42 Å². The minimum Gasteiger partial charge on any atom is -0.456 e. The van der Waals surface area contributed by atoms with Crippen LogP contribution >= 0.6 is 0 Å². The molecule has 0 aromatic heterocycles. The molecule has 1 radical (unpaired) electrons. The number of hydrogen-bond acceptors (Lipinski definition) is 2. The fourth-order valence-corrected chi connectivity index (χ4v) is 0.236. The van der Waals surface area contributed by atoms with E-state index in [0.29, 0.717) is 0 Å². The number of alkyl halides is 3. The monoisotopic (exact) mass is 155 g/mol. The van der Waals surface area contributed by atoms with E-state index < -0.39 is 18.8 Å². The average Bonchev–Trinajstić information content (AvgIpc) is 1.81. The molecule has 0 aliphatic heterocycles. The van der Waals surface area contributed by atoms with Crippen LogP contribution in [0.1, 0.15) is 6.92 Å². The lowest BCUT2D eigenvalue weighted by atomic mass is 10.5. The third-order valence-corrected chi connectivity index (χ3v) is 0.614. The van der Waals surface area contributed by atoms with Gasteiger partial charge in [0.1, 0.15) is 0 Å². The van der Waals surface area contributed by atoms with Crippen LogP contribution in [0.3, 0.4) is 0 Å². The summed E-state index contributed by atoms with van der Waals surface area (Å²) in [6.45, 7) is -0.213. The zero-order chi connectivity index (χ0) is 8.20. The van der Waals surface area contributed by atoms with Crippen LogP contribution in [0.25, 0.3) is 0 Å². The molecule has 0 fully saturated rings. The third-order valence-electron chi connectivity index (χ3n) is 0.614. The number of carbonyl (C=O) groups is 1. The Morgan fingerprint density at radius 2 is 2.10 bits per heavy atom. The second-order valence-electron chi connectivity index (χ2n) is 1.51. The van der Waals surface area contributed by atoms with Crippen molar-refractivity contribution in [1.29, 1.82) is 0 Å². The second-order valence-corrected chi connectivity index (χ2v) is 1.51. The van der Waals surface area contributed by atoms with E-state index >= 15 is 0 Å². The molecule has 0 aliphatic rings. The largest absolute Gasteiger partial charge is 0.456 e. The molecule has 0 amide bonds. The Labute approximate surface area is 56.0 Å². The molecule has 0 rings (SSSR count). The highest BCUT2D eigenvalue weighted by Crippen LogP contribution is 2.14. The first-order valence-electron chi connectivity index (χ1n) is 2.48. The van der Waals surface area contributed by atoms with Gasteiger partial charge in [-0.1, -0.05) is 6.92 Å².